The number of pyridine rings is 1. The van der Waals surface area contributed by atoms with E-state index in [4.69, 9.17) is 0 Å². The third-order valence-electron chi connectivity index (χ3n) is 4.31. The number of aromatic nitrogens is 1. The van der Waals surface area contributed by atoms with Crippen molar-refractivity contribution in [1.82, 2.24) is 4.98 Å². The molecular weight excluding hydrogens is 262 g/mol. The maximum absolute atomic E-state index is 10.5. The smallest absolute Gasteiger partial charge is 0.0891 e. The summed E-state index contributed by atoms with van der Waals surface area (Å²) in [4.78, 5) is 4.44. The number of aliphatic hydroxyl groups excluding tert-OH is 2. The maximum atomic E-state index is 10.5. The molecule has 0 aliphatic heterocycles. The van der Waals surface area contributed by atoms with Gasteiger partial charge in [0.15, 0.2) is 0 Å². The van der Waals surface area contributed by atoms with E-state index in [-0.39, 0.29) is 5.92 Å². The van der Waals surface area contributed by atoms with Crippen LogP contribution in [-0.2, 0) is 0 Å². The van der Waals surface area contributed by atoms with Crippen LogP contribution in [0.25, 0.3) is 10.9 Å². The molecule has 21 heavy (non-hydrogen) atoms. The number of nitrogens with zero attached hydrogens (tertiary/aromatic N) is 1. The summed E-state index contributed by atoms with van der Waals surface area (Å²) in [6.07, 6.45) is 0.365. The molecule has 0 saturated heterocycles. The summed E-state index contributed by atoms with van der Waals surface area (Å²) < 4.78 is 0. The molecule has 1 aliphatic carbocycles. The molecule has 1 aromatic heterocycles. The van der Waals surface area contributed by atoms with E-state index in [1.54, 1.807) is 6.20 Å². The minimum Gasteiger partial charge on any atom is -0.388 e. The number of benzene rings is 2. The summed E-state index contributed by atoms with van der Waals surface area (Å²) in [6, 6.07) is 17.4. The molecule has 0 bridgehead atoms. The molecule has 3 nitrogen and oxygen atoms in total. The molecule has 4 rings (SSSR count). The molecule has 1 heterocycles. The van der Waals surface area contributed by atoms with Crippen LogP contribution in [0.4, 0.5) is 0 Å². The molecule has 2 N–H and O–H groups in total. The number of hydrogen-bond acceptors (Lipinski definition) is 3. The van der Waals surface area contributed by atoms with Crippen LogP contribution in [0.3, 0.4) is 0 Å². The Labute approximate surface area is 122 Å². The minimum absolute atomic E-state index is 0.362. The van der Waals surface area contributed by atoms with Crippen molar-refractivity contribution in [1.29, 1.82) is 0 Å². The Morgan fingerprint density at radius 2 is 1.43 bits per heavy atom. The van der Waals surface area contributed by atoms with E-state index in [0.717, 1.165) is 27.6 Å². The molecule has 2 unspecified atom stereocenters. The summed E-state index contributed by atoms with van der Waals surface area (Å²) in [6.45, 7) is 0. The van der Waals surface area contributed by atoms with Gasteiger partial charge in [0.2, 0.25) is 0 Å². The molecular formula is C18H15NO2. The van der Waals surface area contributed by atoms with Crippen LogP contribution >= 0.6 is 0 Å². The monoisotopic (exact) mass is 277 g/mol. The molecule has 2 atom stereocenters. The Balaban J connectivity index is 1.82. The minimum atomic E-state index is -0.695. The molecule has 3 aromatic rings. The topological polar surface area (TPSA) is 53.4 Å². The summed E-state index contributed by atoms with van der Waals surface area (Å²) in [5.41, 5.74) is 3.40. The Kier molecular flexibility index (Phi) is 2.77. The molecule has 1 aliphatic rings. The first kappa shape index (κ1) is 12.5. The second kappa shape index (κ2) is 4.65. The van der Waals surface area contributed by atoms with Crippen LogP contribution in [0.2, 0.25) is 0 Å². The first-order valence-corrected chi connectivity index (χ1v) is 7.05. The van der Waals surface area contributed by atoms with Gasteiger partial charge in [0.25, 0.3) is 0 Å². The fourth-order valence-electron chi connectivity index (χ4n) is 3.24. The predicted molar refractivity (Wildman–Crippen MR) is 80.8 cm³/mol. The average molecular weight is 277 g/mol. The van der Waals surface area contributed by atoms with E-state index in [1.807, 2.05) is 54.6 Å². The van der Waals surface area contributed by atoms with Crippen LogP contribution in [0.15, 0.2) is 60.8 Å². The number of para-hydroxylation sites is 1. The van der Waals surface area contributed by atoms with Gasteiger partial charge < -0.3 is 10.2 Å². The van der Waals surface area contributed by atoms with Crippen molar-refractivity contribution in [3.05, 3.63) is 77.5 Å². The van der Waals surface area contributed by atoms with E-state index in [0.29, 0.717) is 0 Å². The zero-order chi connectivity index (χ0) is 14.4. The summed E-state index contributed by atoms with van der Waals surface area (Å²) in [5.74, 6) is -0.362. The van der Waals surface area contributed by atoms with Crippen molar-refractivity contribution in [2.45, 2.75) is 18.1 Å². The van der Waals surface area contributed by atoms with E-state index in [1.165, 1.54) is 0 Å². The summed E-state index contributed by atoms with van der Waals surface area (Å²) in [5, 5.41) is 22.1. The third kappa shape index (κ3) is 1.86. The number of rotatable bonds is 1. The quantitative estimate of drug-likeness (QED) is 0.718. The highest BCUT2D eigenvalue weighted by atomic mass is 16.3. The molecule has 3 heteroatoms. The first-order valence-electron chi connectivity index (χ1n) is 7.05. The normalized spacial score (nSPS) is 24.2. The molecule has 2 aromatic carbocycles. The van der Waals surface area contributed by atoms with Crippen LogP contribution in [0.1, 0.15) is 34.8 Å². The summed E-state index contributed by atoms with van der Waals surface area (Å²) in [7, 11) is 0. The van der Waals surface area contributed by atoms with Crippen molar-refractivity contribution in [2.24, 2.45) is 0 Å². The van der Waals surface area contributed by atoms with E-state index < -0.39 is 12.2 Å². The lowest BCUT2D eigenvalue weighted by atomic mass is 9.92. The lowest BCUT2D eigenvalue weighted by Gasteiger charge is -2.19. The lowest BCUT2D eigenvalue weighted by molar-refractivity contribution is 0.0770. The Hall–Kier alpha value is -2.23. The second-order valence-corrected chi connectivity index (χ2v) is 5.51. The van der Waals surface area contributed by atoms with Crippen molar-refractivity contribution in [2.75, 3.05) is 0 Å². The molecule has 0 fully saturated rings. The fraction of sp³-hybridized carbons (Fsp3) is 0.167. The van der Waals surface area contributed by atoms with Crippen molar-refractivity contribution >= 4 is 10.9 Å². The van der Waals surface area contributed by atoms with Crippen molar-refractivity contribution < 1.29 is 10.2 Å². The van der Waals surface area contributed by atoms with Crippen LogP contribution in [0.5, 0.6) is 0 Å². The standard InChI is InChI=1S/C18H15NO2/c20-17-13-6-2-3-7-14(13)18(21)16(17)12-9-11-5-1-4-8-15(11)19-10-12/h1-10,16-18,20-21H. The maximum Gasteiger partial charge on any atom is 0.0891 e. The molecule has 104 valence electrons. The van der Waals surface area contributed by atoms with E-state index in [9.17, 15) is 10.2 Å². The number of aliphatic hydroxyl groups is 2. The zero-order valence-corrected chi connectivity index (χ0v) is 11.3. The third-order valence-corrected chi connectivity index (χ3v) is 4.31. The first-order chi connectivity index (χ1) is 10.3. The van der Waals surface area contributed by atoms with Gasteiger partial charge in [0.05, 0.1) is 17.7 Å². The summed E-state index contributed by atoms with van der Waals surface area (Å²) >= 11 is 0. The van der Waals surface area contributed by atoms with E-state index in [2.05, 4.69) is 4.98 Å². The Morgan fingerprint density at radius 3 is 2.14 bits per heavy atom. The van der Waals surface area contributed by atoms with Gasteiger partial charge in [-0.2, -0.15) is 0 Å². The van der Waals surface area contributed by atoms with Crippen LogP contribution < -0.4 is 0 Å². The van der Waals surface area contributed by atoms with Gasteiger partial charge in [-0.1, -0.05) is 42.5 Å². The van der Waals surface area contributed by atoms with Crippen LogP contribution in [0, 0.1) is 0 Å². The average Bonchev–Trinajstić information content (AvgIpc) is 2.79. The van der Waals surface area contributed by atoms with Gasteiger partial charge >= 0.3 is 0 Å². The zero-order valence-electron chi connectivity index (χ0n) is 11.3. The SMILES string of the molecule is OC1c2ccccc2C(O)C1c1cnc2ccccc2c1. The van der Waals surface area contributed by atoms with Gasteiger partial charge in [0.1, 0.15) is 0 Å². The Morgan fingerprint density at radius 1 is 0.810 bits per heavy atom. The van der Waals surface area contributed by atoms with Gasteiger partial charge in [-0.25, -0.2) is 0 Å². The lowest BCUT2D eigenvalue weighted by Crippen LogP contribution is -2.10. The molecule has 0 amide bonds. The highest BCUT2D eigenvalue weighted by Crippen LogP contribution is 2.49. The van der Waals surface area contributed by atoms with Gasteiger partial charge in [0, 0.05) is 17.5 Å². The van der Waals surface area contributed by atoms with Crippen molar-refractivity contribution in [3.8, 4) is 0 Å². The van der Waals surface area contributed by atoms with E-state index >= 15 is 0 Å². The Bertz CT molecular complexity index is 786. The second-order valence-electron chi connectivity index (χ2n) is 5.51. The molecule has 0 saturated carbocycles. The number of hydrogen-bond donors (Lipinski definition) is 2. The fourth-order valence-corrected chi connectivity index (χ4v) is 3.24. The predicted octanol–water partition coefficient (Wildman–Crippen LogP) is 3.10. The van der Waals surface area contributed by atoms with Crippen molar-refractivity contribution in [3.63, 3.8) is 0 Å². The molecule has 0 radical (unpaired) electrons. The van der Waals surface area contributed by atoms with Gasteiger partial charge in [-0.15, -0.1) is 0 Å². The highest BCUT2D eigenvalue weighted by Gasteiger charge is 2.39. The van der Waals surface area contributed by atoms with Crippen LogP contribution in [-0.4, -0.2) is 15.2 Å². The highest BCUT2D eigenvalue weighted by molar-refractivity contribution is 5.79. The molecule has 0 spiro atoms. The largest absolute Gasteiger partial charge is 0.388 e. The van der Waals surface area contributed by atoms with Gasteiger partial charge in [-0.05, 0) is 28.8 Å². The number of fused-ring (bicyclic) bond motifs is 2. The van der Waals surface area contributed by atoms with Gasteiger partial charge in [-0.3, -0.25) is 4.98 Å².